The number of hydrogen-bond acceptors (Lipinski definition) is 9. The first-order chi connectivity index (χ1) is 17.9. The summed E-state index contributed by atoms with van der Waals surface area (Å²) in [6, 6.07) is 6.05. The molecular formula is C25H28N10O2. The van der Waals surface area contributed by atoms with E-state index in [4.69, 9.17) is 10.00 Å². The molecule has 1 amide bonds. The molecule has 0 spiro atoms. The molecule has 0 aliphatic heterocycles. The number of nitrogens with one attached hydrogen (secondary N) is 2. The van der Waals surface area contributed by atoms with Gasteiger partial charge in [0.15, 0.2) is 11.5 Å². The highest BCUT2D eigenvalue weighted by Gasteiger charge is 2.26. The van der Waals surface area contributed by atoms with E-state index in [-0.39, 0.29) is 24.1 Å². The van der Waals surface area contributed by atoms with Crippen molar-refractivity contribution in [3.63, 3.8) is 0 Å². The number of fused-ring (bicyclic) bond motifs is 1. The molecule has 0 atom stereocenters. The number of nitrogens with zero attached hydrogens (tertiary/aromatic N) is 8. The van der Waals surface area contributed by atoms with E-state index in [2.05, 4.69) is 55.9 Å². The van der Waals surface area contributed by atoms with Crippen LogP contribution in [0.25, 0.3) is 22.5 Å². The zero-order valence-corrected chi connectivity index (χ0v) is 20.9. The molecule has 4 aromatic heterocycles. The molecule has 0 unspecified atom stereocenters. The fraction of sp³-hybridized carbons (Fsp3) is 0.400. The second-order valence-electron chi connectivity index (χ2n) is 9.44. The lowest BCUT2D eigenvalue weighted by Gasteiger charge is -2.27. The van der Waals surface area contributed by atoms with Crippen molar-refractivity contribution in [3.05, 3.63) is 48.2 Å². The number of methoxy groups -OCH3 is 1. The monoisotopic (exact) mass is 500 g/mol. The quantitative estimate of drug-likeness (QED) is 0.406. The fourth-order valence-corrected chi connectivity index (χ4v) is 4.65. The summed E-state index contributed by atoms with van der Waals surface area (Å²) in [5.41, 5.74) is 3.63. The highest BCUT2D eigenvalue weighted by molar-refractivity contribution is 5.77. The van der Waals surface area contributed by atoms with Crippen molar-refractivity contribution >= 4 is 22.8 Å². The summed E-state index contributed by atoms with van der Waals surface area (Å²) in [5, 5.41) is 29.6. The molecule has 0 aromatic carbocycles. The van der Waals surface area contributed by atoms with Crippen LogP contribution in [0.2, 0.25) is 0 Å². The minimum Gasteiger partial charge on any atom is -0.453 e. The number of anilines is 1. The Morgan fingerprint density at radius 2 is 1.97 bits per heavy atom. The van der Waals surface area contributed by atoms with Gasteiger partial charge in [0.05, 0.1) is 42.6 Å². The van der Waals surface area contributed by atoms with Gasteiger partial charge in [-0.05, 0) is 45.6 Å². The SMILES string of the molecule is COC(=O)N[C@H]1CC[C@H](c2cn(-c3cnc(-n4ncc5cc(C#N)cnc54)cc3NC(C)C)nn2)CC1. The van der Waals surface area contributed by atoms with Crippen molar-refractivity contribution in [1.82, 2.24) is 40.1 Å². The highest BCUT2D eigenvalue weighted by Crippen LogP contribution is 2.33. The highest BCUT2D eigenvalue weighted by atomic mass is 16.5. The van der Waals surface area contributed by atoms with Crippen LogP contribution in [0.15, 0.2) is 36.9 Å². The van der Waals surface area contributed by atoms with E-state index in [1.165, 1.54) is 13.3 Å². The molecule has 1 aliphatic carbocycles. The predicted molar refractivity (Wildman–Crippen MR) is 136 cm³/mol. The number of aromatic nitrogens is 7. The minimum atomic E-state index is -0.388. The van der Waals surface area contributed by atoms with E-state index in [1.807, 2.05) is 12.3 Å². The number of carbonyl (C=O) groups is 1. The van der Waals surface area contributed by atoms with Gasteiger partial charge < -0.3 is 15.4 Å². The average molecular weight is 501 g/mol. The van der Waals surface area contributed by atoms with E-state index in [0.29, 0.717) is 17.0 Å². The van der Waals surface area contributed by atoms with Crippen LogP contribution in [0.1, 0.15) is 56.7 Å². The van der Waals surface area contributed by atoms with Crippen LogP contribution in [-0.4, -0.2) is 60.0 Å². The molecule has 1 saturated carbocycles. The topological polar surface area (TPSA) is 148 Å². The van der Waals surface area contributed by atoms with E-state index in [9.17, 15) is 4.79 Å². The molecule has 2 N–H and O–H groups in total. The number of amides is 1. The smallest absolute Gasteiger partial charge is 0.407 e. The summed E-state index contributed by atoms with van der Waals surface area (Å²) in [7, 11) is 1.38. The van der Waals surface area contributed by atoms with E-state index in [1.54, 1.807) is 27.8 Å². The van der Waals surface area contributed by atoms with Crippen molar-refractivity contribution in [1.29, 1.82) is 5.26 Å². The van der Waals surface area contributed by atoms with Gasteiger partial charge in [-0.2, -0.15) is 15.0 Å². The maximum atomic E-state index is 11.5. The van der Waals surface area contributed by atoms with Gasteiger partial charge in [0.2, 0.25) is 0 Å². The molecule has 12 heteroatoms. The van der Waals surface area contributed by atoms with Gasteiger partial charge in [-0.1, -0.05) is 5.21 Å². The van der Waals surface area contributed by atoms with Crippen LogP contribution >= 0.6 is 0 Å². The Hall–Kier alpha value is -4.53. The summed E-state index contributed by atoms with van der Waals surface area (Å²) in [5.74, 6) is 0.869. The van der Waals surface area contributed by atoms with Gasteiger partial charge in [-0.25, -0.2) is 19.4 Å². The van der Waals surface area contributed by atoms with Gasteiger partial charge in [0.25, 0.3) is 0 Å². The molecule has 12 nitrogen and oxygen atoms in total. The van der Waals surface area contributed by atoms with Gasteiger partial charge in [0.1, 0.15) is 11.8 Å². The lowest BCUT2D eigenvalue weighted by atomic mass is 9.84. The third-order valence-electron chi connectivity index (χ3n) is 6.48. The van der Waals surface area contributed by atoms with E-state index < -0.39 is 0 Å². The Balaban J connectivity index is 1.40. The Kier molecular flexibility index (Phi) is 6.68. The van der Waals surface area contributed by atoms with Crippen LogP contribution in [0.3, 0.4) is 0 Å². The molecule has 1 aliphatic rings. The van der Waals surface area contributed by atoms with E-state index in [0.717, 1.165) is 48.1 Å². The van der Waals surface area contributed by atoms with Crippen molar-refractivity contribution in [2.45, 2.75) is 57.5 Å². The first kappa shape index (κ1) is 24.2. The fourth-order valence-electron chi connectivity index (χ4n) is 4.65. The van der Waals surface area contributed by atoms with E-state index >= 15 is 0 Å². The number of nitriles is 1. The summed E-state index contributed by atoms with van der Waals surface area (Å²) in [4.78, 5) is 20.5. The first-order valence-corrected chi connectivity index (χ1v) is 12.2. The Bertz CT molecular complexity index is 1460. The zero-order chi connectivity index (χ0) is 25.9. The molecule has 4 aromatic rings. The van der Waals surface area contributed by atoms with Crippen LogP contribution in [-0.2, 0) is 4.74 Å². The van der Waals surface area contributed by atoms with Crippen molar-refractivity contribution < 1.29 is 9.53 Å². The Morgan fingerprint density at radius 1 is 1.16 bits per heavy atom. The predicted octanol–water partition coefficient (Wildman–Crippen LogP) is 3.47. The van der Waals surface area contributed by atoms with Crippen LogP contribution in [0.4, 0.5) is 10.5 Å². The van der Waals surface area contributed by atoms with Crippen LogP contribution < -0.4 is 10.6 Å². The van der Waals surface area contributed by atoms with Crippen LogP contribution in [0.5, 0.6) is 0 Å². The second kappa shape index (κ2) is 10.2. The maximum Gasteiger partial charge on any atom is 0.407 e. The number of ether oxygens (including phenoxy) is 1. The third-order valence-corrected chi connectivity index (χ3v) is 6.48. The molecule has 190 valence electrons. The number of pyridine rings is 2. The van der Waals surface area contributed by atoms with Crippen molar-refractivity contribution in [2.75, 3.05) is 12.4 Å². The molecule has 5 rings (SSSR count). The van der Waals surface area contributed by atoms with Gasteiger partial charge >= 0.3 is 6.09 Å². The third kappa shape index (κ3) is 5.06. The molecule has 1 fully saturated rings. The van der Waals surface area contributed by atoms with Crippen molar-refractivity contribution in [3.8, 4) is 17.6 Å². The Labute approximate surface area is 213 Å². The average Bonchev–Trinajstić information content (AvgIpc) is 3.56. The zero-order valence-electron chi connectivity index (χ0n) is 20.9. The lowest BCUT2D eigenvalue weighted by Crippen LogP contribution is -2.37. The summed E-state index contributed by atoms with van der Waals surface area (Å²) in [6.45, 7) is 4.12. The first-order valence-electron chi connectivity index (χ1n) is 12.2. The number of alkyl carbamates (subject to hydrolysis) is 1. The van der Waals surface area contributed by atoms with Gasteiger partial charge in [-0.15, -0.1) is 5.10 Å². The van der Waals surface area contributed by atoms with Crippen LogP contribution in [0, 0.1) is 11.3 Å². The largest absolute Gasteiger partial charge is 0.453 e. The van der Waals surface area contributed by atoms with Gasteiger partial charge in [-0.3, -0.25) is 0 Å². The number of rotatable bonds is 6. The maximum absolute atomic E-state index is 11.5. The molecule has 0 bridgehead atoms. The summed E-state index contributed by atoms with van der Waals surface area (Å²) in [6.07, 6.45) is 10.1. The van der Waals surface area contributed by atoms with Gasteiger partial charge in [0, 0.05) is 35.7 Å². The molecule has 4 heterocycles. The number of carbonyl (C=O) groups excluding carboxylic acids is 1. The number of hydrogen-bond donors (Lipinski definition) is 2. The standard InChI is InChI=1S/C25H28N10O2/c1-15(2)30-20-9-23(35-24-18(12-29-35)8-16(10-26)11-28-24)27-13-22(20)34-14-21(32-33-34)17-4-6-19(7-5-17)31-25(36)37-3/h8-9,11-15,17,19H,4-7H2,1-3H3,(H,27,30)(H,31,36)/t17-,19-. The second-order valence-corrected chi connectivity index (χ2v) is 9.44. The molecule has 0 radical (unpaired) electrons. The molecule has 0 saturated heterocycles. The lowest BCUT2D eigenvalue weighted by molar-refractivity contribution is 0.162. The van der Waals surface area contributed by atoms with Crippen molar-refractivity contribution in [2.24, 2.45) is 0 Å². The summed E-state index contributed by atoms with van der Waals surface area (Å²) >= 11 is 0. The summed E-state index contributed by atoms with van der Waals surface area (Å²) < 4.78 is 8.11. The molecular weight excluding hydrogens is 472 g/mol. The normalized spacial score (nSPS) is 17.5. The molecule has 37 heavy (non-hydrogen) atoms. The minimum absolute atomic E-state index is 0.122. The Morgan fingerprint density at radius 3 is 2.70 bits per heavy atom.